The summed E-state index contributed by atoms with van der Waals surface area (Å²) in [6.45, 7) is 9.74. The van der Waals surface area contributed by atoms with Crippen LogP contribution in [-0.2, 0) is 0 Å². The van der Waals surface area contributed by atoms with Crippen molar-refractivity contribution in [1.82, 2.24) is 10.2 Å². The summed E-state index contributed by atoms with van der Waals surface area (Å²) in [5.41, 5.74) is 1.00. The summed E-state index contributed by atoms with van der Waals surface area (Å²) in [5.74, 6) is -0.118. The van der Waals surface area contributed by atoms with Crippen molar-refractivity contribution < 1.29 is 4.39 Å². The monoisotopic (exact) mass is 280 g/mol. The Kier molecular flexibility index (Phi) is 6.15. The molecule has 0 spiro atoms. The molecular weight excluding hydrogens is 251 g/mol. The first-order valence-corrected chi connectivity index (χ1v) is 7.39. The molecule has 3 heteroatoms. The van der Waals surface area contributed by atoms with Gasteiger partial charge >= 0.3 is 0 Å². The number of hydrogen-bond acceptors (Lipinski definition) is 2. The van der Waals surface area contributed by atoms with Gasteiger partial charge in [-0.25, -0.2) is 4.39 Å². The summed E-state index contributed by atoms with van der Waals surface area (Å²) >= 11 is 0. The van der Waals surface area contributed by atoms with Crippen LogP contribution in [0.25, 0.3) is 0 Å². The molecule has 0 aromatic heterocycles. The Hall–Kier alpha value is -0.930. The van der Waals surface area contributed by atoms with Gasteiger partial charge in [0.05, 0.1) is 0 Å². The van der Waals surface area contributed by atoms with E-state index < -0.39 is 0 Å². The Balaban J connectivity index is 2.63. The quantitative estimate of drug-likeness (QED) is 0.851. The first-order valence-electron chi connectivity index (χ1n) is 7.39. The van der Waals surface area contributed by atoms with E-state index in [0.717, 1.165) is 18.5 Å². The summed E-state index contributed by atoms with van der Waals surface area (Å²) < 4.78 is 13.8. The van der Waals surface area contributed by atoms with E-state index in [1.54, 1.807) is 6.07 Å². The van der Waals surface area contributed by atoms with Crippen LogP contribution in [0.4, 0.5) is 4.39 Å². The maximum absolute atomic E-state index is 13.8. The van der Waals surface area contributed by atoms with Gasteiger partial charge in [0.2, 0.25) is 0 Å². The molecule has 0 radical (unpaired) electrons. The van der Waals surface area contributed by atoms with Gasteiger partial charge in [-0.2, -0.15) is 0 Å². The Bertz CT molecular complexity index is 412. The summed E-state index contributed by atoms with van der Waals surface area (Å²) in [4.78, 5) is 2.22. The van der Waals surface area contributed by atoms with Crippen molar-refractivity contribution in [1.29, 1.82) is 0 Å². The van der Waals surface area contributed by atoms with Crippen molar-refractivity contribution in [2.75, 3.05) is 20.6 Å². The number of benzene rings is 1. The molecule has 0 aliphatic rings. The average molecular weight is 280 g/mol. The van der Waals surface area contributed by atoms with Crippen LogP contribution in [0.5, 0.6) is 0 Å². The zero-order chi connectivity index (χ0) is 15.3. The van der Waals surface area contributed by atoms with Gasteiger partial charge in [0, 0.05) is 17.6 Å². The topological polar surface area (TPSA) is 15.3 Å². The van der Waals surface area contributed by atoms with Crippen LogP contribution in [0.3, 0.4) is 0 Å². The molecule has 1 rings (SSSR count). The van der Waals surface area contributed by atoms with Gasteiger partial charge in [0.1, 0.15) is 5.82 Å². The second kappa shape index (κ2) is 7.19. The smallest absolute Gasteiger partial charge is 0.127 e. The zero-order valence-corrected chi connectivity index (χ0v) is 13.7. The highest BCUT2D eigenvalue weighted by atomic mass is 19.1. The molecule has 114 valence electrons. The molecule has 1 aromatic carbocycles. The minimum absolute atomic E-state index is 0.0914. The van der Waals surface area contributed by atoms with Crippen molar-refractivity contribution in [3.05, 3.63) is 35.6 Å². The van der Waals surface area contributed by atoms with Crippen LogP contribution >= 0.6 is 0 Å². The van der Waals surface area contributed by atoms with Gasteiger partial charge in [0.15, 0.2) is 0 Å². The Morgan fingerprint density at radius 3 is 2.35 bits per heavy atom. The highest BCUT2D eigenvalue weighted by molar-refractivity contribution is 5.20. The van der Waals surface area contributed by atoms with E-state index in [9.17, 15) is 4.39 Å². The summed E-state index contributed by atoms with van der Waals surface area (Å²) in [6.07, 6.45) is 1.05. The third-order valence-electron chi connectivity index (χ3n) is 4.18. The fourth-order valence-electron chi connectivity index (χ4n) is 2.59. The SMILES string of the molecule is CNC(CCN(C)C(C)c1ccccc1F)C(C)(C)C. The fourth-order valence-corrected chi connectivity index (χ4v) is 2.59. The molecular formula is C17H29FN2. The minimum Gasteiger partial charge on any atom is -0.316 e. The largest absolute Gasteiger partial charge is 0.316 e. The van der Waals surface area contributed by atoms with E-state index >= 15 is 0 Å². The van der Waals surface area contributed by atoms with E-state index in [1.165, 1.54) is 6.07 Å². The maximum atomic E-state index is 13.8. The standard InChI is InChI=1S/C17H29FN2/c1-13(14-9-7-8-10-15(14)18)20(6)12-11-16(19-5)17(2,3)4/h7-10,13,16,19H,11-12H2,1-6H3. The highest BCUT2D eigenvalue weighted by Gasteiger charge is 2.24. The first-order chi connectivity index (χ1) is 9.27. The molecule has 0 saturated heterocycles. The van der Waals surface area contributed by atoms with Crippen molar-refractivity contribution in [3.63, 3.8) is 0 Å². The van der Waals surface area contributed by atoms with Gasteiger partial charge in [-0.1, -0.05) is 39.0 Å². The molecule has 0 aliphatic heterocycles. The van der Waals surface area contributed by atoms with Crippen molar-refractivity contribution in [2.45, 2.75) is 46.2 Å². The average Bonchev–Trinajstić information content (AvgIpc) is 2.37. The van der Waals surface area contributed by atoms with Crippen LogP contribution in [0, 0.1) is 11.2 Å². The number of nitrogens with one attached hydrogen (secondary N) is 1. The number of nitrogens with zero attached hydrogens (tertiary/aromatic N) is 1. The van der Waals surface area contributed by atoms with Crippen molar-refractivity contribution in [2.24, 2.45) is 5.41 Å². The minimum atomic E-state index is -0.118. The van der Waals surface area contributed by atoms with E-state index in [2.05, 4.69) is 45.0 Å². The molecule has 0 saturated carbocycles. The highest BCUT2D eigenvalue weighted by Crippen LogP contribution is 2.25. The van der Waals surface area contributed by atoms with E-state index in [-0.39, 0.29) is 17.3 Å². The number of hydrogen-bond donors (Lipinski definition) is 1. The molecule has 1 N–H and O–H groups in total. The molecule has 2 nitrogen and oxygen atoms in total. The van der Waals surface area contributed by atoms with Crippen molar-refractivity contribution in [3.8, 4) is 0 Å². The van der Waals surface area contributed by atoms with Gasteiger partial charge < -0.3 is 5.32 Å². The lowest BCUT2D eigenvalue weighted by atomic mass is 9.84. The Morgan fingerprint density at radius 2 is 1.85 bits per heavy atom. The molecule has 0 amide bonds. The molecule has 2 atom stereocenters. The van der Waals surface area contributed by atoms with E-state index in [0.29, 0.717) is 6.04 Å². The number of halogens is 1. The lowest BCUT2D eigenvalue weighted by molar-refractivity contribution is 0.201. The molecule has 20 heavy (non-hydrogen) atoms. The first kappa shape index (κ1) is 17.1. The van der Waals surface area contributed by atoms with Crippen LogP contribution in [-0.4, -0.2) is 31.6 Å². The predicted octanol–water partition coefficient (Wildman–Crippen LogP) is 3.84. The van der Waals surface area contributed by atoms with Crippen LogP contribution in [0.2, 0.25) is 0 Å². The van der Waals surface area contributed by atoms with Gasteiger partial charge in [0.25, 0.3) is 0 Å². The zero-order valence-electron chi connectivity index (χ0n) is 13.7. The molecule has 1 aromatic rings. The third-order valence-corrected chi connectivity index (χ3v) is 4.18. The lowest BCUT2D eigenvalue weighted by Crippen LogP contribution is -2.40. The van der Waals surface area contributed by atoms with E-state index in [1.807, 2.05) is 19.2 Å². The van der Waals surface area contributed by atoms with Gasteiger partial charge in [-0.05, 0) is 45.5 Å². The molecule has 0 aliphatic carbocycles. The second-order valence-electron chi connectivity index (χ2n) is 6.67. The van der Waals surface area contributed by atoms with Crippen LogP contribution < -0.4 is 5.32 Å². The molecule has 0 bridgehead atoms. The third kappa shape index (κ3) is 4.57. The van der Waals surface area contributed by atoms with Crippen LogP contribution in [0.15, 0.2) is 24.3 Å². The summed E-state index contributed by atoms with van der Waals surface area (Å²) in [7, 11) is 4.07. The molecule has 2 unspecified atom stereocenters. The lowest BCUT2D eigenvalue weighted by Gasteiger charge is -2.33. The van der Waals surface area contributed by atoms with Gasteiger partial charge in [-0.15, -0.1) is 0 Å². The Labute approximate surface area is 123 Å². The van der Waals surface area contributed by atoms with E-state index in [4.69, 9.17) is 0 Å². The Morgan fingerprint density at radius 1 is 1.25 bits per heavy atom. The summed E-state index contributed by atoms with van der Waals surface area (Å²) in [5, 5.41) is 3.39. The van der Waals surface area contributed by atoms with Crippen LogP contribution in [0.1, 0.15) is 45.7 Å². The number of rotatable bonds is 6. The summed E-state index contributed by atoms with van der Waals surface area (Å²) in [6, 6.07) is 7.59. The molecule has 0 fully saturated rings. The fraction of sp³-hybridized carbons (Fsp3) is 0.647. The van der Waals surface area contributed by atoms with Gasteiger partial charge in [-0.3, -0.25) is 4.90 Å². The molecule has 0 heterocycles. The maximum Gasteiger partial charge on any atom is 0.127 e. The van der Waals surface area contributed by atoms with Crippen molar-refractivity contribution >= 4 is 0 Å². The second-order valence-corrected chi connectivity index (χ2v) is 6.67. The normalized spacial score (nSPS) is 15.4. The predicted molar refractivity (Wildman–Crippen MR) is 84.4 cm³/mol.